The molecule has 0 radical (unpaired) electrons. The van der Waals surface area contributed by atoms with E-state index in [1.807, 2.05) is 7.05 Å². The lowest BCUT2D eigenvalue weighted by molar-refractivity contribution is -0.117. The number of carbonyl (C=O) groups excluding carboxylic acids is 1. The van der Waals surface area contributed by atoms with E-state index >= 15 is 0 Å². The van der Waals surface area contributed by atoms with Crippen LogP contribution in [-0.2, 0) is 11.8 Å². The van der Waals surface area contributed by atoms with Crippen molar-refractivity contribution in [3.63, 3.8) is 0 Å². The van der Waals surface area contributed by atoms with Crippen molar-refractivity contribution < 1.29 is 9.53 Å². The third kappa shape index (κ3) is 3.19. The average Bonchev–Trinajstić information content (AvgIpc) is 3.38. The highest BCUT2D eigenvalue weighted by molar-refractivity contribution is 9.10. The normalized spacial score (nSPS) is 13.9. The minimum absolute atomic E-state index is 0.00879. The molecule has 0 aliphatic heterocycles. The summed E-state index contributed by atoms with van der Waals surface area (Å²) < 4.78 is 8.25. The van der Waals surface area contributed by atoms with Crippen molar-refractivity contribution in [1.82, 2.24) is 19.5 Å². The number of amides is 1. The van der Waals surface area contributed by atoms with Crippen LogP contribution in [0.2, 0.25) is 5.02 Å². The maximum Gasteiger partial charge on any atom is 0.228 e. The van der Waals surface area contributed by atoms with Gasteiger partial charge in [0.25, 0.3) is 0 Å². The van der Waals surface area contributed by atoms with Crippen LogP contribution < -0.4 is 10.1 Å². The highest BCUT2D eigenvalue weighted by Crippen LogP contribution is 2.35. The zero-order chi connectivity index (χ0) is 17.6. The molecule has 7 nitrogen and oxygen atoms in total. The first-order chi connectivity index (χ1) is 12.0. The molecule has 1 aliphatic rings. The molecule has 9 heteroatoms. The topological polar surface area (TPSA) is 81.9 Å². The summed E-state index contributed by atoms with van der Waals surface area (Å²) in [6, 6.07) is 3.34. The number of anilines is 1. The van der Waals surface area contributed by atoms with Crippen molar-refractivity contribution in [3.8, 4) is 11.5 Å². The van der Waals surface area contributed by atoms with Gasteiger partial charge in [-0.05, 0) is 34.8 Å². The lowest BCUT2D eigenvalue weighted by atomic mass is 10.3. The summed E-state index contributed by atoms with van der Waals surface area (Å²) in [5.74, 6) is 1.45. The summed E-state index contributed by atoms with van der Waals surface area (Å²) in [6.07, 6.45) is 4.96. The fourth-order valence-electron chi connectivity index (χ4n) is 2.40. The largest absolute Gasteiger partial charge is 0.454 e. The first kappa shape index (κ1) is 16.3. The van der Waals surface area contributed by atoms with E-state index in [4.69, 9.17) is 16.3 Å². The highest BCUT2D eigenvalue weighted by atomic mass is 79.9. The van der Waals surface area contributed by atoms with E-state index in [1.165, 1.54) is 6.20 Å². The Labute approximate surface area is 156 Å². The number of aromatic nitrogens is 4. The van der Waals surface area contributed by atoms with Gasteiger partial charge < -0.3 is 14.6 Å². The first-order valence-electron chi connectivity index (χ1n) is 7.64. The quantitative estimate of drug-likeness (QED) is 0.689. The van der Waals surface area contributed by atoms with Crippen molar-refractivity contribution >= 4 is 50.4 Å². The fraction of sp³-hybridized carbons (Fsp3) is 0.250. The molecule has 1 amide bonds. The number of aryl methyl sites for hydroxylation is 1. The fourth-order valence-corrected chi connectivity index (χ4v) is 3.05. The minimum Gasteiger partial charge on any atom is -0.454 e. The third-order valence-corrected chi connectivity index (χ3v) is 4.98. The number of hydrogen-bond acceptors (Lipinski definition) is 5. The van der Waals surface area contributed by atoms with Crippen molar-refractivity contribution in [2.24, 2.45) is 13.0 Å². The number of halogens is 2. The van der Waals surface area contributed by atoms with Crippen LogP contribution in [0.5, 0.6) is 11.5 Å². The molecule has 0 saturated heterocycles. The molecular weight excluding hydrogens is 410 g/mol. The minimum atomic E-state index is -0.00879. The van der Waals surface area contributed by atoms with E-state index in [1.54, 1.807) is 22.9 Å². The molecule has 0 spiro atoms. The van der Waals surface area contributed by atoms with Crippen LogP contribution in [0.1, 0.15) is 12.8 Å². The van der Waals surface area contributed by atoms with Gasteiger partial charge in [-0.25, -0.2) is 15.0 Å². The molecule has 3 aromatic heterocycles. The predicted molar refractivity (Wildman–Crippen MR) is 96.9 cm³/mol. The van der Waals surface area contributed by atoms with Gasteiger partial charge in [-0.2, -0.15) is 0 Å². The molecule has 4 rings (SSSR count). The summed E-state index contributed by atoms with van der Waals surface area (Å²) >= 11 is 9.80. The van der Waals surface area contributed by atoms with Crippen LogP contribution in [-0.4, -0.2) is 25.4 Å². The Bertz CT molecular complexity index is 986. The Morgan fingerprint density at radius 1 is 1.44 bits per heavy atom. The van der Waals surface area contributed by atoms with Crippen LogP contribution >= 0.6 is 27.5 Å². The van der Waals surface area contributed by atoms with E-state index in [0.29, 0.717) is 38.2 Å². The molecule has 25 heavy (non-hydrogen) atoms. The second kappa shape index (κ2) is 6.27. The Balaban J connectivity index is 1.61. The summed E-state index contributed by atoms with van der Waals surface area (Å²) in [5, 5.41) is 3.20. The molecule has 1 saturated carbocycles. The van der Waals surface area contributed by atoms with Crippen molar-refractivity contribution in [1.29, 1.82) is 0 Å². The smallest absolute Gasteiger partial charge is 0.228 e. The van der Waals surface area contributed by atoms with Crippen LogP contribution in [0.25, 0.3) is 11.2 Å². The van der Waals surface area contributed by atoms with Gasteiger partial charge in [0.05, 0.1) is 6.20 Å². The van der Waals surface area contributed by atoms with Crippen molar-refractivity contribution in [2.75, 3.05) is 5.32 Å². The van der Waals surface area contributed by atoms with Crippen LogP contribution in [0.15, 0.2) is 29.3 Å². The van der Waals surface area contributed by atoms with Gasteiger partial charge in [0.1, 0.15) is 22.1 Å². The van der Waals surface area contributed by atoms with Gasteiger partial charge in [0.2, 0.25) is 5.91 Å². The Kier molecular flexibility index (Phi) is 4.09. The molecular formula is C16H13BrClN5O2. The van der Waals surface area contributed by atoms with Gasteiger partial charge >= 0.3 is 0 Å². The number of fused-ring (bicyclic) bond motifs is 1. The van der Waals surface area contributed by atoms with Gasteiger partial charge in [-0.1, -0.05) is 11.6 Å². The molecule has 1 N–H and O–H groups in total. The molecule has 128 valence electrons. The van der Waals surface area contributed by atoms with E-state index in [2.05, 4.69) is 36.2 Å². The van der Waals surface area contributed by atoms with E-state index in [0.717, 1.165) is 12.8 Å². The zero-order valence-electron chi connectivity index (χ0n) is 13.2. The maximum absolute atomic E-state index is 11.8. The van der Waals surface area contributed by atoms with E-state index < -0.39 is 0 Å². The number of pyridine rings is 2. The summed E-state index contributed by atoms with van der Waals surface area (Å²) in [7, 11) is 1.83. The third-order valence-electron chi connectivity index (χ3n) is 3.91. The number of imidazole rings is 1. The van der Waals surface area contributed by atoms with Gasteiger partial charge in [0, 0.05) is 25.2 Å². The molecule has 0 atom stereocenters. The van der Waals surface area contributed by atoms with Crippen molar-refractivity contribution in [3.05, 3.63) is 34.3 Å². The number of ether oxygens (including phenoxy) is 1. The van der Waals surface area contributed by atoms with Gasteiger partial charge in [-0.3, -0.25) is 4.79 Å². The SMILES string of the molecule is Cn1c(Br)nc2ncc(Oc3ccnc(NC(=O)C4CC4)c3)c(Cl)c21. The Hall–Kier alpha value is -2.19. The molecule has 3 aromatic rings. The van der Waals surface area contributed by atoms with Crippen LogP contribution in [0.4, 0.5) is 5.82 Å². The highest BCUT2D eigenvalue weighted by Gasteiger charge is 2.29. The number of nitrogens with zero attached hydrogens (tertiary/aromatic N) is 4. The number of rotatable bonds is 4. The van der Waals surface area contributed by atoms with E-state index in [9.17, 15) is 4.79 Å². The molecule has 0 unspecified atom stereocenters. The monoisotopic (exact) mass is 421 g/mol. The Morgan fingerprint density at radius 3 is 3.00 bits per heavy atom. The number of nitrogens with one attached hydrogen (secondary N) is 1. The first-order valence-corrected chi connectivity index (χ1v) is 8.81. The second-order valence-corrected chi connectivity index (χ2v) is 6.88. The van der Waals surface area contributed by atoms with Crippen molar-refractivity contribution in [2.45, 2.75) is 12.8 Å². The van der Waals surface area contributed by atoms with E-state index in [-0.39, 0.29) is 11.8 Å². The van der Waals surface area contributed by atoms with Gasteiger partial charge in [0.15, 0.2) is 16.1 Å². The lowest BCUT2D eigenvalue weighted by Crippen LogP contribution is -2.14. The summed E-state index contributed by atoms with van der Waals surface area (Å²) in [4.78, 5) is 24.5. The molecule has 1 aliphatic carbocycles. The molecule has 0 aromatic carbocycles. The molecule has 0 bridgehead atoms. The second-order valence-electron chi connectivity index (χ2n) is 5.79. The molecule has 1 fully saturated rings. The standard InChI is InChI=1S/C16H13BrClN5O2/c1-23-13-12(18)10(7-20-14(13)22-16(23)17)25-9-4-5-19-11(6-9)21-15(24)8-2-3-8/h4-8H,2-3H2,1H3,(H,19,21,24). The van der Waals surface area contributed by atoms with Crippen LogP contribution in [0.3, 0.4) is 0 Å². The average molecular weight is 423 g/mol. The summed E-state index contributed by atoms with van der Waals surface area (Å²) in [5.41, 5.74) is 1.20. The predicted octanol–water partition coefficient (Wildman–Crippen LogP) is 3.92. The zero-order valence-corrected chi connectivity index (χ0v) is 15.5. The number of hydrogen-bond donors (Lipinski definition) is 1. The number of carbonyl (C=O) groups is 1. The van der Waals surface area contributed by atoms with Crippen LogP contribution in [0, 0.1) is 5.92 Å². The lowest BCUT2D eigenvalue weighted by Gasteiger charge is -2.10. The maximum atomic E-state index is 11.8. The Morgan fingerprint density at radius 2 is 2.24 bits per heavy atom. The molecule has 3 heterocycles. The summed E-state index contributed by atoms with van der Waals surface area (Å²) in [6.45, 7) is 0. The van der Waals surface area contributed by atoms with Gasteiger partial charge in [-0.15, -0.1) is 0 Å².